The van der Waals surface area contributed by atoms with E-state index in [9.17, 15) is 0 Å². The minimum atomic E-state index is 0.241. The molecule has 1 nitrogen and oxygen atoms in total. The monoisotopic (exact) mass is 168 g/mol. The summed E-state index contributed by atoms with van der Waals surface area (Å²) in [6.45, 7) is 6.93. The maximum Gasteiger partial charge on any atom is 0.0641 e. The maximum atomic E-state index is 9.00. The van der Waals surface area contributed by atoms with Crippen molar-refractivity contribution in [3.63, 3.8) is 0 Å². The highest BCUT2D eigenvalue weighted by Crippen LogP contribution is 2.39. The van der Waals surface area contributed by atoms with Crippen LogP contribution in [-0.4, -0.2) is 11.7 Å². The molecule has 1 saturated carbocycles. The highest BCUT2D eigenvalue weighted by molar-refractivity contribution is 5.16. The summed E-state index contributed by atoms with van der Waals surface area (Å²) in [6, 6.07) is 0. The molecular formula is C11H20O. The van der Waals surface area contributed by atoms with Crippen LogP contribution in [-0.2, 0) is 0 Å². The molecule has 0 spiro atoms. The fraction of sp³-hybridized carbons (Fsp3) is 0.818. The van der Waals surface area contributed by atoms with Crippen LogP contribution in [0.4, 0.5) is 0 Å². The molecule has 70 valence electrons. The Kier molecular flexibility index (Phi) is 2.94. The molecule has 1 fully saturated rings. The Morgan fingerprint density at radius 3 is 2.67 bits per heavy atom. The Bertz CT molecular complexity index is 189. The zero-order valence-electron chi connectivity index (χ0n) is 8.48. The van der Waals surface area contributed by atoms with Crippen molar-refractivity contribution in [2.75, 3.05) is 6.61 Å². The van der Waals surface area contributed by atoms with Gasteiger partial charge in [0.15, 0.2) is 0 Å². The van der Waals surface area contributed by atoms with Gasteiger partial charge >= 0.3 is 0 Å². The molecule has 1 aliphatic rings. The van der Waals surface area contributed by atoms with Crippen molar-refractivity contribution in [1.29, 1.82) is 0 Å². The van der Waals surface area contributed by atoms with Crippen molar-refractivity contribution < 1.29 is 5.11 Å². The lowest BCUT2D eigenvalue weighted by Gasteiger charge is -2.32. The molecule has 0 heterocycles. The zero-order chi connectivity index (χ0) is 9.19. The second-order valence-electron chi connectivity index (χ2n) is 4.74. The zero-order valence-corrected chi connectivity index (χ0v) is 8.48. The van der Waals surface area contributed by atoms with E-state index >= 15 is 0 Å². The van der Waals surface area contributed by atoms with Gasteiger partial charge in [0, 0.05) is 0 Å². The lowest BCUT2D eigenvalue weighted by atomic mass is 9.74. The van der Waals surface area contributed by atoms with E-state index in [1.54, 1.807) is 0 Å². The summed E-state index contributed by atoms with van der Waals surface area (Å²) in [5.74, 6) is 0. The largest absolute Gasteiger partial charge is 0.392 e. The highest BCUT2D eigenvalue weighted by atomic mass is 16.3. The van der Waals surface area contributed by atoms with Crippen LogP contribution in [0.3, 0.4) is 0 Å². The Morgan fingerprint density at radius 2 is 2.17 bits per heavy atom. The molecule has 0 atom stereocenters. The molecule has 0 aromatic rings. The molecule has 0 radical (unpaired) electrons. The summed E-state index contributed by atoms with van der Waals surface area (Å²) >= 11 is 0. The number of hydrogen-bond acceptors (Lipinski definition) is 1. The Hall–Kier alpha value is -0.300. The first-order valence-corrected chi connectivity index (χ1v) is 4.83. The normalized spacial score (nSPS) is 27.0. The molecule has 1 rings (SSSR count). The fourth-order valence-corrected chi connectivity index (χ4v) is 2.01. The molecule has 1 aliphatic carbocycles. The van der Waals surface area contributed by atoms with Gasteiger partial charge in [0.1, 0.15) is 0 Å². The standard InChI is InChI=1S/C11H20O/c1-9(8-12)10-5-4-6-11(2,3)7-10/h12H,4-8H2,1-3H3/b10-9-. The molecule has 0 bridgehead atoms. The van der Waals surface area contributed by atoms with Gasteiger partial charge in [-0.15, -0.1) is 0 Å². The second kappa shape index (κ2) is 3.61. The summed E-state index contributed by atoms with van der Waals surface area (Å²) in [6.07, 6.45) is 5.00. The number of aliphatic hydroxyl groups excluding tert-OH is 1. The van der Waals surface area contributed by atoms with Crippen molar-refractivity contribution in [2.24, 2.45) is 5.41 Å². The molecule has 1 heteroatoms. The minimum Gasteiger partial charge on any atom is -0.392 e. The van der Waals surface area contributed by atoms with Crippen molar-refractivity contribution in [3.05, 3.63) is 11.1 Å². The van der Waals surface area contributed by atoms with E-state index in [1.165, 1.54) is 36.8 Å². The van der Waals surface area contributed by atoms with Gasteiger partial charge in [0.25, 0.3) is 0 Å². The summed E-state index contributed by atoms with van der Waals surface area (Å²) in [7, 11) is 0. The third-order valence-electron chi connectivity index (χ3n) is 2.86. The van der Waals surface area contributed by atoms with Gasteiger partial charge in [-0.1, -0.05) is 19.4 Å². The van der Waals surface area contributed by atoms with E-state index in [2.05, 4.69) is 20.8 Å². The van der Waals surface area contributed by atoms with Gasteiger partial charge < -0.3 is 5.11 Å². The van der Waals surface area contributed by atoms with Gasteiger partial charge in [-0.3, -0.25) is 0 Å². The molecule has 0 aromatic heterocycles. The average Bonchev–Trinajstić information content (AvgIpc) is 2.01. The first-order chi connectivity index (χ1) is 5.55. The molecule has 0 amide bonds. The SMILES string of the molecule is C/C(CO)=C1\CCCC(C)(C)C1. The highest BCUT2D eigenvalue weighted by Gasteiger charge is 2.24. The Morgan fingerprint density at radius 1 is 1.50 bits per heavy atom. The third kappa shape index (κ3) is 2.34. The van der Waals surface area contributed by atoms with E-state index in [0.29, 0.717) is 5.41 Å². The van der Waals surface area contributed by atoms with Crippen LogP contribution in [0, 0.1) is 5.41 Å². The fourth-order valence-electron chi connectivity index (χ4n) is 2.01. The predicted molar refractivity (Wildman–Crippen MR) is 52.0 cm³/mol. The summed E-state index contributed by atoms with van der Waals surface area (Å²) in [4.78, 5) is 0. The first kappa shape index (κ1) is 9.79. The van der Waals surface area contributed by atoms with Crippen LogP contribution in [0.5, 0.6) is 0 Å². The molecule has 0 aliphatic heterocycles. The van der Waals surface area contributed by atoms with E-state index in [0.717, 1.165) is 0 Å². The van der Waals surface area contributed by atoms with Gasteiger partial charge in [0.2, 0.25) is 0 Å². The lowest BCUT2D eigenvalue weighted by Crippen LogP contribution is -2.18. The Labute approximate surface area is 75.5 Å². The molecular weight excluding hydrogens is 148 g/mol. The average molecular weight is 168 g/mol. The van der Waals surface area contributed by atoms with Crippen molar-refractivity contribution in [3.8, 4) is 0 Å². The van der Waals surface area contributed by atoms with Crippen LogP contribution in [0.25, 0.3) is 0 Å². The first-order valence-electron chi connectivity index (χ1n) is 4.83. The van der Waals surface area contributed by atoms with Crippen LogP contribution in [0.1, 0.15) is 46.5 Å². The van der Waals surface area contributed by atoms with Crippen molar-refractivity contribution in [2.45, 2.75) is 46.5 Å². The van der Waals surface area contributed by atoms with Crippen LogP contribution in [0.2, 0.25) is 0 Å². The molecule has 0 saturated heterocycles. The van der Waals surface area contributed by atoms with E-state index in [1.807, 2.05) is 0 Å². The third-order valence-corrected chi connectivity index (χ3v) is 2.86. The van der Waals surface area contributed by atoms with Gasteiger partial charge in [-0.25, -0.2) is 0 Å². The van der Waals surface area contributed by atoms with Crippen molar-refractivity contribution >= 4 is 0 Å². The van der Waals surface area contributed by atoms with Crippen LogP contribution >= 0.6 is 0 Å². The maximum absolute atomic E-state index is 9.00. The topological polar surface area (TPSA) is 20.2 Å². The van der Waals surface area contributed by atoms with Crippen molar-refractivity contribution in [1.82, 2.24) is 0 Å². The summed E-state index contributed by atoms with van der Waals surface area (Å²) in [5.41, 5.74) is 3.15. The molecule has 0 unspecified atom stereocenters. The number of aliphatic hydroxyl groups is 1. The van der Waals surface area contributed by atoms with E-state index in [4.69, 9.17) is 5.11 Å². The van der Waals surface area contributed by atoms with E-state index < -0.39 is 0 Å². The molecule has 1 N–H and O–H groups in total. The number of hydrogen-bond donors (Lipinski definition) is 1. The minimum absolute atomic E-state index is 0.241. The lowest BCUT2D eigenvalue weighted by molar-refractivity contribution is 0.280. The van der Waals surface area contributed by atoms with Crippen LogP contribution < -0.4 is 0 Å². The van der Waals surface area contributed by atoms with Gasteiger partial charge in [0.05, 0.1) is 6.61 Å². The summed E-state index contributed by atoms with van der Waals surface area (Å²) < 4.78 is 0. The smallest absolute Gasteiger partial charge is 0.0641 e. The second-order valence-corrected chi connectivity index (χ2v) is 4.74. The molecule has 0 aromatic carbocycles. The van der Waals surface area contributed by atoms with E-state index in [-0.39, 0.29) is 6.61 Å². The van der Waals surface area contributed by atoms with Gasteiger partial charge in [-0.2, -0.15) is 0 Å². The Balaban J connectivity index is 2.69. The number of allylic oxidation sites excluding steroid dienone is 1. The van der Waals surface area contributed by atoms with Gasteiger partial charge in [-0.05, 0) is 43.6 Å². The van der Waals surface area contributed by atoms with Crippen LogP contribution in [0.15, 0.2) is 11.1 Å². The summed E-state index contributed by atoms with van der Waals surface area (Å²) in [5, 5.41) is 9.00. The quantitative estimate of drug-likeness (QED) is 0.597. The predicted octanol–water partition coefficient (Wildman–Crippen LogP) is 2.90. The number of rotatable bonds is 1. The molecule has 12 heavy (non-hydrogen) atoms.